The van der Waals surface area contributed by atoms with Crippen LogP contribution >= 0.6 is 0 Å². The highest BCUT2D eigenvalue weighted by molar-refractivity contribution is 5.43. The van der Waals surface area contributed by atoms with Gasteiger partial charge in [0, 0.05) is 11.6 Å². The van der Waals surface area contributed by atoms with Gasteiger partial charge >= 0.3 is 0 Å². The number of benzene rings is 1. The summed E-state index contributed by atoms with van der Waals surface area (Å²) in [5, 5.41) is 9.87. The van der Waals surface area contributed by atoms with Gasteiger partial charge in [-0.1, -0.05) is 12.1 Å². The molecule has 0 bridgehead atoms. The number of nitrogens with two attached hydrogens (primary N) is 1. The molecule has 3 nitrogen and oxygen atoms in total. The maximum absolute atomic E-state index is 9.87. The summed E-state index contributed by atoms with van der Waals surface area (Å²) in [7, 11) is 1.65. The van der Waals surface area contributed by atoms with E-state index in [0.29, 0.717) is 0 Å². The van der Waals surface area contributed by atoms with Gasteiger partial charge in [-0.3, -0.25) is 0 Å². The Kier molecular flexibility index (Phi) is 2.44. The standard InChI is InChI=1S/C11H15NO2/c1-14-10-4-2-3-8-7(10)5-6-9(12)11(8)13/h2-4,9,11,13H,5-6,12H2,1H3/t9-,11+/m1/s1. The van der Waals surface area contributed by atoms with Crippen LogP contribution in [0.5, 0.6) is 5.75 Å². The van der Waals surface area contributed by atoms with E-state index in [0.717, 1.165) is 29.7 Å². The molecular weight excluding hydrogens is 178 g/mol. The summed E-state index contributed by atoms with van der Waals surface area (Å²) >= 11 is 0. The number of rotatable bonds is 1. The van der Waals surface area contributed by atoms with E-state index in [1.807, 2.05) is 18.2 Å². The van der Waals surface area contributed by atoms with Crippen molar-refractivity contribution in [2.45, 2.75) is 25.0 Å². The van der Waals surface area contributed by atoms with Crippen LogP contribution in [0.1, 0.15) is 23.7 Å². The van der Waals surface area contributed by atoms with Gasteiger partial charge in [-0.05, 0) is 24.5 Å². The van der Waals surface area contributed by atoms with E-state index in [1.165, 1.54) is 0 Å². The minimum atomic E-state index is -0.547. The first-order valence-corrected chi connectivity index (χ1v) is 4.83. The normalized spacial score (nSPS) is 25.6. The first-order chi connectivity index (χ1) is 6.74. The van der Waals surface area contributed by atoms with Gasteiger partial charge in [0.1, 0.15) is 5.75 Å². The van der Waals surface area contributed by atoms with Crippen molar-refractivity contribution >= 4 is 0 Å². The number of ether oxygens (including phenoxy) is 1. The molecule has 0 aromatic heterocycles. The van der Waals surface area contributed by atoms with Crippen LogP contribution in [-0.4, -0.2) is 18.3 Å². The van der Waals surface area contributed by atoms with E-state index in [4.69, 9.17) is 10.5 Å². The smallest absolute Gasteiger partial charge is 0.122 e. The highest BCUT2D eigenvalue weighted by atomic mass is 16.5. The minimum absolute atomic E-state index is 0.144. The zero-order chi connectivity index (χ0) is 10.1. The lowest BCUT2D eigenvalue weighted by Gasteiger charge is -2.28. The van der Waals surface area contributed by atoms with E-state index in [9.17, 15) is 5.11 Å². The molecule has 0 saturated heterocycles. The van der Waals surface area contributed by atoms with Crippen LogP contribution in [-0.2, 0) is 6.42 Å². The van der Waals surface area contributed by atoms with Crippen LogP contribution in [0.2, 0.25) is 0 Å². The molecule has 1 aromatic carbocycles. The van der Waals surface area contributed by atoms with E-state index in [2.05, 4.69) is 0 Å². The Hall–Kier alpha value is -1.06. The Bertz CT molecular complexity index is 338. The van der Waals surface area contributed by atoms with Gasteiger partial charge in [0.05, 0.1) is 13.2 Å². The summed E-state index contributed by atoms with van der Waals surface area (Å²) < 4.78 is 5.24. The molecule has 1 aliphatic rings. The molecule has 0 amide bonds. The third-order valence-electron chi connectivity index (χ3n) is 2.84. The van der Waals surface area contributed by atoms with Crippen LogP contribution in [0.4, 0.5) is 0 Å². The molecule has 2 atom stereocenters. The highest BCUT2D eigenvalue weighted by Crippen LogP contribution is 2.34. The zero-order valence-corrected chi connectivity index (χ0v) is 8.23. The Morgan fingerprint density at radius 2 is 2.29 bits per heavy atom. The monoisotopic (exact) mass is 193 g/mol. The Labute approximate surface area is 83.5 Å². The van der Waals surface area contributed by atoms with Crippen molar-refractivity contribution in [2.75, 3.05) is 7.11 Å². The fourth-order valence-electron chi connectivity index (χ4n) is 2.02. The van der Waals surface area contributed by atoms with Crippen LogP contribution in [0.3, 0.4) is 0 Å². The molecule has 14 heavy (non-hydrogen) atoms. The van der Waals surface area contributed by atoms with Crippen molar-refractivity contribution in [3.63, 3.8) is 0 Å². The quantitative estimate of drug-likeness (QED) is 0.699. The molecule has 2 rings (SSSR count). The predicted octanol–water partition coefficient (Wildman–Crippen LogP) is 1.00. The second-order valence-electron chi connectivity index (χ2n) is 3.68. The summed E-state index contributed by atoms with van der Waals surface area (Å²) in [6.45, 7) is 0. The lowest BCUT2D eigenvalue weighted by molar-refractivity contribution is 0.133. The maximum Gasteiger partial charge on any atom is 0.122 e. The molecule has 0 heterocycles. The lowest BCUT2D eigenvalue weighted by atomic mass is 9.86. The molecule has 3 N–H and O–H groups in total. The first kappa shape index (κ1) is 9.49. The SMILES string of the molecule is COc1cccc2c1CC[C@@H](N)[C@H]2O. The highest BCUT2D eigenvalue weighted by Gasteiger charge is 2.26. The molecule has 0 unspecified atom stereocenters. The number of hydrogen-bond donors (Lipinski definition) is 2. The zero-order valence-electron chi connectivity index (χ0n) is 8.23. The molecular formula is C11H15NO2. The van der Waals surface area contributed by atoms with Gasteiger partial charge in [0.15, 0.2) is 0 Å². The van der Waals surface area contributed by atoms with Crippen LogP contribution in [0.15, 0.2) is 18.2 Å². The molecule has 0 fully saturated rings. The van der Waals surface area contributed by atoms with E-state index < -0.39 is 6.10 Å². The summed E-state index contributed by atoms with van der Waals surface area (Å²) in [6, 6.07) is 5.58. The second-order valence-corrected chi connectivity index (χ2v) is 3.68. The van der Waals surface area contributed by atoms with Gasteiger partial charge in [0.25, 0.3) is 0 Å². The molecule has 0 saturated carbocycles. The largest absolute Gasteiger partial charge is 0.496 e. The summed E-state index contributed by atoms with van der Waals surface area (Å²) in [4.78, 5) is 0. The third-order valence-corrected chi connectivity index (χ3v) is 2.84. The molecule has 0 aliphatic heterocycles. The average Bonchev–Trinajstić information content (AvgIpc) is 2.23. The summed E-state index contributed by atoms with van der Waals surface area (Å²) in [5.74, 6) is 0.855. The van der Waals surface area contributed by atoms with Crippen LogP contribution in [0, 0.1) is 0 Å². The molecule has 3 heteroatoms. The van der Waals surface area contributed by atoms with Gasteiger partial charge in [-0.2, -0.15) is 0 Å². The van der Waals surface area contributed by atoms with Gasteiger partial charge < -0.3 is 15.6 Å². The fraction of sp³-hybridized carbons (Fsp3) is 0.455. The topological polar surface area (TPSA) is 55.5 Å². The second kappa shape index (κ2) is 3.59. The van der Waals surface area contributed by atoms with Crippen molar-refractivity contribution in [3.8, 4) is 5.75 Å². The van der Waals surface area contributed by atoms with Gasteiger partial charge in [0.2, 0.25) is 0 Å². The van der Waals surface area contributed by atoms with Crippen molar-refractivity contribution in [1.29, 1.82) is 0 Å². The van der Waals surface area contributed by atoms with Crippen molar-refractivity contribution in [3.05, 3.63) is 29.3 Å². The van der Waals surface area contributed by atoms with Crippen molar-refractivity contribution in [1.82, 2.24) is 0 Å². The number of fused-ring (bicyclic) bond motifs is 1. The summed E-state index contributed by atoms with van der Waals surface area (Å²) in [6.07, 6.45) is 1.15. The number of aliphatic hydroxyl groups is 1. The van der Waals surface area contributed by atoms with Crippen molar-refractivity contribution < 1.29 is 9.84 Å². The third kappa shape index (κ3) is 1.38. The molecule has 1 aliphatic carbocycles. The van der Waals surface area contributed by atoms with E-state index in [1.54, 1.807) is 7.11 Å². The van der Waals surface area contributed by atoms with Crippen LogP contribution < -0.4 is 10.5 Å². The average molecular weight is 193 g/mol. The molecule has 1 aromatic rings. The molecule has 76 valence electrons. The van der Waals surface area contributed by atoms with Crippen LogP contribution in [0.25, 0.3) is 0 Å². The predicted molar refractivity (Wildman–Crippen MR) is 54.3 cm³/mol. The number of aliphatic hydroxyl groups excluding tert-OH is 1. The van der Waals surface area contributed by atoms with E-state index >= 15 is 0 Å². The number of hydrogen-bond acceptors (Lipinski definition) is 3. The van der Waals surface area contributed by atoms with Crippen molar-refractivity contribution in [2.24, 2.45) is 5.73 Å². The summed E-state index contributed by atoms with van der Waals surface area (Å²) in [5.41, 5.74) is 7.81. The minimum Gasteiger partial charge on any atom is -0.496 e. The fourth-order valence-corrected chi connectivity index (χ4v) is 2.02. The maximum atomic E-state index is 9.87. The Morgan fingerprint density at radius 3 is 3.00 bits per heavy atom. The molecule has 0 radical (unpaired) electrons. The first-order valence-electron chi connectivity index (χ1n) is 4.83. The lowest BCUT2D eigenvalue weighted by Crippen LogP contribution is -2.33. The van der Waals surface area contributed by atoms with E-state index in [-0.39, 0.29) is 6.04 Å². The van der Waals surface area contributed by atoms with Gasteiger partial charge in [-0.25, -0.2) is 0 Å². The Balaban J connectivity index is 2.47. The van der Waals surface area contributed by atoms with Gasteiger partial charge in [-0.15, -0.1) is 0 Å². The Morgan fingerprint density at radius 1 is 1.50 bits per heavy atom. The number of methoxy groups -OCH3 is 1. The molecule has 0 spiro atoms.